The number of nitrogens with one attached hydrogen (secondary N) is 1. The number of nitrogens with zero attached hydrogens (tertiary/aromatic N) is 2. The van der Waals surface area contributed by atoms with Crippen LogP contribution in [0.2, 0.25) is 0 Å². The van der Waals surface area contributed by atoms with E-state index in [1.807, 2.05) is 6.07 Å². The Morgan fingerprint density at radius 1 is 1.42 bits per heavy atom. The largest absolute Gasteiger partial charge is 0.478 e. The van der Waals surface area contributed by atoms with E-state index < -0.39 is 5.97 Å². The predicted octanol–water partition coefficient (Wildman–Crippen LogP) is 1.98. The minimum Gasteiger partial charge on any atom is -0.478 e. The first-order chi connectivity index (χ1) is 9.11. The van der Waals surface area contributed by atoms with Crippen molar-refractivity contribution in [2.75, 3.05) is 11.1 Å². The van der Waals surface area contributed by atoms with E-state index in [-0.39, 0.29) is 17.1 Å². The van der Waals surface area contributed by atoms with Crippen LogP contribution in [-0.4, -0.2) is 16.1 Å². The molecule has 0 amide bonds. The first-order valence-electron chi connectivity index (χ1n) is 5.37. The standard InChI is InChI=1S/C13H10N4O2/c14-7-8-2-1-3-9(6-8)17-12-11(15)10(13(18)19)4-5-16-12/h1-6H,15H2,(H,16,17)(H,18,19). The third-order valence-corrected chi connectivity index (χ3v) is 2.47. The number of hydrogen-bond acceptors (Lipinski definition) is 5. The number of aromatic nitrogens is 1. The van der Waals surface area contributed by atoms with Gasteiger partial charge in [-0.05, 0) is 24.3 Å². The maximum Gasteiger partial charge on any atom is 0.337 e. The van der Waals surface area contributed by atoms with Gasteiger partial charge in [-0.3, -0.25) is 0 Å². The third kappa shape index (κ3) is 2.61. The fourth-order valence-electron chi connectivity index (χ4n) is 1.56. The summed E-state index contributed by atoms with van der Waals surface area (Å²) in [5.74, 6) is -0.872. The molecule has 0 aliphatic carbocycles. The summed E-state index contributed by atoms with van der Waals surface area (Å²) in [6.45, 7) is 0. The maximum absolute atomic E-state index is 10.9. The molecule has 94 valence electrons. The van der Waals surface area contributed by atoms with Crippen LogP contribution in [0.5, 0.6) is 0 Å². The Kier molecular flexibility index (Phi) is 3.30. The number of pyridine rings is 1. The van der Waals surface area contributed by atoms with Gasteiger partial charge in [0.05, 0.1) is 22.9 Å². The smallest absolute Gasteiger partial charge is 0.337 e. The Bertz CT molecular complexity index is 677. The first kappa shape index (κ1) is 12.4. The molecule has 0 unspecified atom stereocenters. The normalized spacial score (nSPS) is 9.63. The molecule has 4 N–H and O–H groups in total. The topological polar surface area (TPSA) is 112 Å². The SMILES string of the molecule is N#Cc1cccc(Nc2nccc(C(=O)O)c2N)c1. The van der Waals surface area contributed by atoms with Gasteiger partial charge in [-0.15, -0.1) is 0 Å². The van der Waals surface area contributed by atoms with Crippen molar-refractivity contribution in [3.63, 3.8) is 0 Å². The Morgan fingerprint density at radius 2 is 2.21 bits per heavy atom. The quantitative estimate of drug-likeness (QED) is 0.772. The number of rotatable bonds is 3. The van der Waals surface area contributed by atoms with Gasteiger partial charge < -0.3 is 16.2 Å². The van der Waals surface area contributed by atoms with E-state index in [1.54, 1.807) is 24.3 Å². The van der Waals surface area contributed by atoms with Gasteiger partial charge in [-0.1, -0.05) is 6.07 Å². The summed E-state index contributed by atoms with van der Waals surface area (Å²) < 4.78 is 0. The zero-order valence-corrected chi connectivity index (χ0v) is 9.79. The number of nitrogen functional groups attached to an aromatic ring is 1. The average Bonchev–Trinajstić information content (AvgIpc) is 2.41. The molecule has 0 aliphatic rings. The van der Waals surface area contributed by atoms with Crippen LogP contribution in [-0.2, 0) is 0 Å². The number of anilines is 3. The highest BCUT2D eigenvalue weighted by Crippen LogP contribution is 2.24. The number of carboxylic acid groups (broad SMARTS) is 1. The van der Waals surface area contributed by atoms with Crippen LogP contribution in [0.15, 0.2) is 36.5 Å². The van der Waals surface area contributed by atoms with Gasteiger partial charge >= 0.3 is 5.97 Å². The van der Waals surface area contributed by atoms with Crippen LogP contribution in [0.1, 0.15) is 15.9 Å². The van der Waals surface area contributed by atoms with Crippen molar-refractivity contribution >= 4 is 23.2 Å². The highest BCUT2D eigenvalue weighted by Gasteiger charge is 2.12. The summed E-state index contributed by atoms with van der Waals surface area (Å²) in [6.07, 6.45) is 1.36. The second-order valence-electron chi connectivity index (χ2n) is 3.74. The Morgan fingerprint density at radius 3 is 2.89 bits per heavy atom. The van der Waals surface area contributed by atoms with Crippen LogP contribution < -0.4 is 11.1 Å². The van der Waals surface area contributed by atoms with E-state index >= 15 is 0 Å². The number of carboxylic acids is 1. The number of aromatic carboxylic acids is 1. The monoisotopic (exact) mass is 254 g/mol. The number of hydrogen-bond donors (Lipinski definition) is 3. The highest BCUT2D eigenvalue weighted by atomic mass is 16.4. The molecular weight excluding hydrogens is 244 g/mol. The molecule has 1 aromatic carbocycles. The molecule has 0 saturated carbocycles. The van der Waals surface area contributed by atoms with Crippen LogP contribution in [0.4, 0.5) is 17.2 Å². The lowest BCUT2D eigenvalue weighted by atomic mass is 10.2. The van der Waals surface area contributed by atoms with Gasteiger partial charge in [0.25, 0.3) is 0 Å². The molecule has 0 atom stereocenters. The second kappa shape index (κ2) is 5.06. The molecular formula is C13H10N4O2. The summed E-state index contributed by atoms with van der Waals surface area (Å²) in [4.78, 5) is 14.9. The number of nitrogens with two attached hydrogens (primary N) is 1. The zero-order valence-electron chi connectivity index (χ0n) is 9.79. The van der Waals surface area contributed by atoms with Crippen molar-refractivity contribution in [1.82, 2.24) is 4.98 Å². The summed E-state index contributed by atoms with van der Waals surface area (Å²) in [5.41, 5.74) is 6.86. The maximum atomic E-state index is 10.9. The minimum atomic E-state index is -1.12. The Balaban J connectivity index is 2.36. The fourth-order valence-corrected chi connectivity index (χ4v) is 1.56. The van der Waals surface area contributed by atoms with Crippen LogP contribution in [0.3, 0.4) is 0 Å². The summed E-state index contributed by atoms with van der Waals surface area (Å²) in [7, 11) is 0. The van der Waals surface area contributed by atoms with Crippen molar-refractivity contribution in [1.29, 1.82) is 5.26 Å². The highest BCUT2D eigenvalue weighted by molar-refractivity contribution is 5.96. The second-order valence-corrected chi connectivity index (χ2v) is 3.74. The average molecular weight is 254 g/mol. The van der Waals surface area contributed by atoms with Gasteiger partial charge in [-0.2, -0.15) is 5.26 Å². The van der Waals surface area contributed by atoms with Gasteiger partial charge in [0.2, 0.25) is 0 Å². The van der Waals surface area contributed by atoms with Crippen LogP contribution >= 0.6 is 0 Å². The number of carbonyl (C=O) groups is 1. The molecule has 1 heterocycles. The van der Waals surface area contributed by atoms with Crippen molar-refractivity contribution in [3.8, 4) is 6.07 Å². The van der Waals surface area contributed by atoms with E-state index in [9.17, 15) is 4.79 Å². The third-order valence-electron chi connectivity index (χ3n) is 2.47. The number of benzene rings is 1. The van der Waals surface area contributed by atoms with Crippen molar-refractivity contribution in [2.45, 2.75) is 0 Å². The molecule has 6 nitrogen and oxygen atoms in total. The zero-order chi connectivity index (χ0) is 13.8. The lowest BCUT2D eigenvalue weighted by molar-refractivity contribution is 0.0698. The molecule has 0 fully saturated rings. The lowest BCUT2D eigenvalue weighted by Gasteiger charge is -2.10. The van der Waals surface area contributed by atoms with Crippen molar-refractivity contribution in [2.24, 2.45) is 0 Å². The molecule has 2 rings (SSSR count). The summed E-state index contributed by atoms with van der Waals surface area (Å²) in [5, 5.41) is 20.7. The van der Waals surface area contributed by atoms with Crippen LogP contribution in [0, 0.1) is 11.3 Å². The Labute approximate surface area is 109 Å². The van der Waals surface area contributed by atoms with Gasteiger partial charge in [0, 0.05) is 11.9 Å². The van der Waals surface area contributed by atoms with Gasteiger partial charge in [0.15, 0.2) is 5.82 Å². The summed E-state index contributed by atoms with van der Waals surface area (Å²) in [6, 6.07) is 10.1. The summed E-state index contributed by atoms with van der Waals surface area (Å²) >= 11 is 0. The Hall–Kier alpha value is -3.07. The molecule has 19 heavy (non-hydrogen) atoms. The van der Waals surface area contributed by atoms with Crippen LogP contribution in [0.25, 0.3) is 0 Å². The molecule has 0 bridgehead atoms. The van der Waals surface area contributed by atoms with E-state index in [4.69, 9.17) is 16.1 Å². The molecule has 0 radical (unpaired) electrons. The molecule has 0 aliphatic heterocycles. The van der Waals surface area contributed by atoms with E-state index in [2.05, 4.69) is 10.3 Å². The van der Waals surface area contributed by atoms with Crippen molar-refractivity contribution < 1.29 is 9.90 Å². The molecule has 1 aromatic heterocycles. The molecule has 0 spiro atoms. The van der Waals surface area contributed by atoms with E-state index in [1.165, 1.54) is 12.3 Å². The van der Waals surface area contributed by atoms with E-state index in [0.29, 0.717) is 11.3 Å². The molecule has 0 saturated heterocycles. The molecule has 2 aromatic rings. The minimum absolute atomic E-state index is 0.0195. The number of nitriles is 1. The van der Waals surface area contributed by atoms with Gasteiger partial charge in [-0.25, -0.2) is 9.78 Å². The van der Waals surface area contributed by atoms with E-state index in [0.717, 1.165) is 0 Å². The fraction of sp³-hybridized carbons (Fsp3) is 0. The predicted molar refractivity (Wildman–Crippen MR) is 70.0 cm³/mol. The molecule has 6 heteroatoms. The first-order valence-corrected chi connectivity index (χ1v) is 5.37. The lowest BCUT2D eigenvalue weighted by Crippen LogP contribution is -2.07. The van der Waals surface area contributed by atoms with Gasteiger partial charge in [0.1, 0.15) is 0 Å². The van der Waals surface area contributed by atoms with Crippen molar-refractivity contribution in [3.05, 3.63) is 47.7 Å².